The molecule has 116 valence electrons. The molecule has 1 saturated heterocycles. The van der Waals surface area contributed by atoms with Crippen molar-refractivity contribution in [3.63, 3.8) is 0 Å². The second kappa shape index (κ2) is 8.01. The highest BCUT2D eigenvalue weighted by Gasteiger charge is 2.26. The van der Waals surface area contributed by atoms with E-state index < -0.39 is 0 Å². The highest BCUT2D eigenvalue weighted by Crippen LogP contribution is 2.18. The van der Waals surface area contributed by atoms with Gasteiger partial charge in [-0.25, -0.2) is 4.98 Å². The van der Waals surface area contributed by atoms with Crippen LogP contribution in [-0.4, -0.2) is 42.0 Å². The van der Waals surface area contributed by atoms with Crippen LogP contribution in [0.3, 0.4) is 0 Å². The minimum atomic E-state index is 0.214. The van der Waals surface area contributed by atoms with Gasteiger partial charge in [0.05, 0.1) is 0 Å². The first kappa shape index (κ1) is 15.8. The molecule has 0 aromatic carbocycles. The molecule has 1 aromatic heterocycles. The molecule has 21 heavy (non-hydrogen) atoms. The van der Waals surface area contributed by atoms with Gasteiger partial charge in [-0.2, -0.15) is 0 Å². The third kappa shape index (κ3) is 4.19. The molecule has 0 bridgehead atoms. The molecule has 4 heteroatoms. The summed E-state index contributed by atoms with van der Waals surface area (Å²) in [7, 11) is 0. The Morgan fingerprint density at radius 3 is 2.57 bits per heavy atom. The van der Waals surface area contributed by atoms with Gasteiger partial charge in [0.15, 0.2) is 0 Å². The largest absolute Gasteiger partial charge is 0.353 e. The lowest BCUT2D eigenvalue weighted by Crippen LogP contribution is -2.50. The van der Waals surface area contributed by atoms with Gasteiger partial charge in [0, 0.05) is 38.3 Å². The Balaban J connectivity index is 1.86. The number of hydrogen-bond donors (Lipinski definition) is 0. The zero-order valence-electron chi connectivity index (χ0n) is 13.3. The predicted octanol–water partition coefficient (Wildman–Crippen LogP) is 2.95. The zero-order valence-corrected chi connectivity index (χ0v) is 13.3. The Morgan fingerprint density at radius 2 is 2.00 bits per heavy atom. The van der Waals surface area contributed by atoms with Gasteiger partial charge in [-0.15, -0.1) is 0 Å². The fourth-order valence-corrected chi connectivity index (χ4v) is 2.91. The van der Waals surface area contributed by atoms with E-state index in [-0.39, 0.29) is 5.92 Å². The van der Waals surface area contributed by atoms with Crippen molar-refractivity contribution >= 4 is 11.7 Å². The molecule has 1 amide bonds. The van der Waals surface area contributed by atoms with Crippen LogP contribution in [0.2, 0.25) is 0 Å². The van der Waals surface area contributed by atoms with Crippen LogP contribution < -0.4 is 4.90 Å². The Hall–Kier alpha value is -1.58. The number of aromatic nitrogens is 1. The first-order valence-electron chi connectivity index (χ1n) is 8.21. The summed E-state index contributed by atoms with van der Waals surface area (Å²) in [5.41, 5.74) is 0. The molecule has 1 aliphatic rings. The first-order valence-corrected chi connectivity index (χ1v) is 8.21. The summed E-state index contributed by atoms with van der Waals surface area (Å²) in [5.74, 6) is 1.58. The number of piperazine rings is 1. The number of hydrogen-bond acceptors (Lipinski definition) is 3. The summed E-state index contributed by atoms with van der Waals surface area (Å²) in [6.45, 7) is 7.71. The van der Waals surface area contributed by atoms with E-state index in [0.717, 1.165) is 57.7 Å². The second-order valence-corrected chi connectivity index (χ2v) is 5.75. The van der Waals surface area contributed by atoms with Gasteiger partial charge >= 0.3 is 0 Å². The van der Waals surface area contributed by atoms with Gasteiger partial charge in [-0.1, -0.05) is 32.8 Å². The van der Waals surface area contributed by atoms with Crippen LogP contribution in [0.25, 0.3) is 0 Å². The van der Waals surface area contributed by atoms with Gasteiger partial charge < -0.3 is 9.80 Å². The van der Waals surface area contributed by atoms with E-state index in [0.29, 0.717) is 5.91 Å². The van der Waals surface area contributed by atoms with Crippen molar-refractivity contribution in [2.45, 2.75) is 39.5 Å². The Bertz CT molecular complexity index is 427. The number of nitrogens with zero attached hydrogens (tertiary/aromatic N) is 3. The molecule has 0 N–H and O–H groups in total. The normalized spacial score (nSPS) is 16.9. The maximum Gasteiger partial charge on any atom is 0.225 e. The molecular formula is C17H27N3O. The molecule has 1 aliphatic heterocycles. The minimum absolute atomic E-state index is 0.214. The molecule has 2 rings (SSSR count). The Morgan fingerprint density at radius 1 is 1.24 bits per heavy atom. The second-order valence-electron chi connectivity index (χ2n) is 5.75. The first-order chi connectivity index (χ1) is 10.3. The Labute approximate surface area is 128 Å². The summed E-state index contributed by atoms with van der Waals surface area (Å²) < 4.78 is 0. The van der Waals surface area contributed by atoms with Gasteiger partial charge in [-0.3, -0.25) is 4.79 Å². The summed E-state index contributed by atoms with van der Waals surface area (Å²) in [4.78, 5) is 21.3. The number of carbonyl (C=O) groups excluding carboxylic acids is 1. The number of unbranched alkanes of at least 4 members (excludes halogenated alkanes) is 1. The molecule has 4 nitrogen and oxygen atoms in total. The average molecular weight is 289 g/mol. The Kier molecular flexibility index (Phi) is 6.03. The van der Waals surface area contributed by atoms with Crippen LogP contribution in [0, 0.1) is 5.92 Å². The third-order valence-corrected chi connectivity index (χ3v) is 4.31. The number of anilines is 1. The summed E-state index contributed by atoms with van der Waals surface area (Å²) >= 11 is 0. The van der Waals surface area contributed by atoms with E-state index in [1.165, 1.54) is 0 Å². The van der Waals surface area contributed by atoms with Crippen molar-refractivity contribution in [1.82, 2.24) is 9.88 Å². The zero-order chi connectivity index (χ0) is 15.1. The highest BCUT2D eigenvalue weighted by molar-refractivity contribution is 5.79. The van der Waals surface area contributed by atoms with Crippen molar-refractivity contribution < 1.29 is 4.79 Å². The van der Waals surface area contributed by atoms with Gasteiger partial charge in [-0.05, 0) is 25.0 Å². The van der Waals surface area contributed by atoms with Crippen LogP contribution in [-0.2, 0) is 4.79 Å². The molecular weight excluding hydrogens is 262 g/mol. The van der Waals surface area contributed by atoms with E-state index in [2.05, 4.69) is 23.7 Å². The quantitative estimate of drug-likeness (QED) is 0.808. The highest BCUT2D eigenvalue weighted by atomic mass is 16.2. The SMILES string of the molecule is CCCCC(CC)C(=O)N1CCN(c2ccccn2)CC1. The summed E-state index contributed by atoms with van der Waals surface area (Å²) in [5, 5.41) is 0. The number of amides is 1. The molecule has 0 radical (unpaired) electrons. The molecule has 1 aromatic rings. The minimum Gasteiger partial charge on any atom is -0.353 e. The summed E-state index contributed by atoms with van der Waals surface area (Å²) in [6.07, 6.45) is 6.13. The molecule has 0 saturated carbocycles. The fraction of sp³-hybridized carbons (Fsp3) is 0.647. The van der Waals surface area contributed by atoms with Crippen molar-refractivity contribution in [1.29, 1.82) is 0 Å². The molecule has 2 heterocycles. The van der Waals surface area contributed by atoms with Crippen molar-refractivity contribution in [3.05, 3.63) is 24.4 Å². The average Bonchev–Trinajstić information content (AvgIpc) is 2.56. The topological polar surface area (TPSA) is 36.4 Å². The van der Waals surface area contributed by atoms with E-state index in [4.69, 9.17) is 0 Å². The van der Waals surface area contributed by atoms with E-state index >= 15 is 0 Å². The van der Waals surface area contributed by atoms with Crippen molar-refractivity contribution in [2.24, 2.45) is 5.92 Å². The van der Waals surface area contributed by atoms with Gasteiger partial charge in [0.25, 0.3) is 0 Å². The molecule has 0 spiro atoms. The van der Waals surface area contributed by atoms with Gasteiger partial charge in [0.2, 0.25) is 5.91 Å². The van der Waals surface area contributed by atoms with Crippen molar-refractivity contribution in [3.8, 4) is 0 Å². The van der Waals surface area contributed by atoms with Crippen LogP contribution in [0.4, 0.5) is 5.82 Å². The molecule has 0 aliphatic carbocycles. The molecule has 1 atom stereocenters. The van der Waals surface area contributed by atoms with E-state index in [9.17, 15) is 4.79 Å². The maximum atomic E-state index is 12.6. The van der Waals surface area contributed by atoms with Crippen molar-refractivity contribution in [2.75, 3.05) is 31.1 Å². The lowest BCUT2D eigenvalue weighted by Gasteiger charge is -2.37. The standard InChI is InChI=1S/C17H27N3O/c1-3-5-8-15(4-2)17(21)20-13-11-19(12-14-20)16-9-6-7-10-18-16/h6-7,9-10,15H,3-5,8,11-14H2,1-2H3. The van der Waals surface area contributed by atoms with Crippen LogP contribution in [0.5, 0.6) is 0 Å². The summed E-state index contributed by atoms with van der Waals surface area (Å²) in [6, 6.07) is 5.98. The van der Waals surface area contributed by atoms with Crippen LogP contribution in [0.15, 0.2) is 24.4 Å². The third-order valence-electron chi connectivity index (χ3n) is 4.31. The van der Waals surface area contributed by atoms with E-state index in [1.54, 1.807) is 0 Å². The monoisotopic (exact) mass is 289 g/mol. The van der Waals surface area contributed by atoms with Crippen LogP contribution in [0.1, 0.15) is 39.5 Å². The molecule has 1 unspecified atom stereocenters. The van der Waals surface area contributed by atoms with E-state index in [1.807, 2.05) is 29.3 Å². The lowest BCUT2D eigenvalue weighted by molar-refractivity contribution is -0.136. The maximum absolute atomic E-state index is 12.6. The lowest BCUT2D eigenvalue weighted by atomic mass is 9.97. The fourth-order valence-electron chi connectivity index (χ4n) is 2.91. The number of pyridine rings is 1. The number of carbonyl (C=O) groups is 1. The van der Waals surface area contributed by atoms with Crippen LogP contribution >= 0.6 is 0 Å². The number of rotatable bonds is 6. The smallest absolute Gasteiger partial charge is 0.225 e. The van der Waals surface area contributed by atoms with Gasteiger partial charge in [0.1, 0.15) is 5.82 Å². The molecule has 1 fully saturated rings. The predicted molar refractivity (Wildman–Crippen MR) is 86.3 cm³/mol.